The molecular formula is C17H33IN6O. The number of aliphatic imine (C=N–C) groups is 1. The second-order valence-electron chi connectivity index (χ2n) is 6.34. The van der Waals surface area contributed by atoms with E-state index in [0.29, 0.717) is 12.6 Å². The standard InChI is InChI=1S/C17H32N6O.HI/c1-4-24-12-8-7-11-18-17(20-15-9-5-6-10-15)19-13-16-22-21-14(2)23(16)3;/h15H,4-13H2,1-3H3,(H2,18,19,20);1H. The summed E-state index contributed by atoms with van der Waals surface area (Å²) in [7, 11) is 1.98. The average molecular weight is 464 g/mol. The Morgan fingerprint density at radius 1 is 1.28 bits per heavy atom. The van der Waals surface area contributed by atoms with E-state index in [2.05, 4.69) is 20.8 Å². The molecular weight excluding hydrogens is 431 g/mol. The molecule has 1 aliphatic rings. The molecule has 2 rings (SSSR count). The molecule has 1 aromatic rings. The number of aryl methyl sites for hydroxylation is 1. The van der Waals surface area contributed by atoms with Crippen molar-refractivity contribution in [2.24, 2.45) is 12.0 Å². The predicted molar refractivity (Wildman–Crippen MR) is 111 cm³/mol. The Hall–Kier alpha value is -0.900. The quantitative estimate of drug-likeness (QED) is 0.254. The number of halogens is 1. The van der Waals surface area contributed by atoms with Gasteiger partial charge in [0.25, 0.3) is 0 Å². The Labute approximate surface area is 168 Å². The highest BCUT2D eigenvalue weighted by Gasteiger charge is 2.16. The number of hydrogen-bond acceptors (Lipinski definition) is 4. The lowest BCUT2D eigenvalue weighted by Gasteiger charge is -2.17. The first-order chi connectivity index (χ1) is 11.7. The lowest BCUT2D eigenvalue weighted by molar-refractivity contribution is 0.143. The predicted octanol–water partition coefficient (Wildman–Crippen LogP) is 2.54. The maximum atomic E-state index is 5.38. The van der Waals surface area contributed by atoms with Crippen molar-refractivity contribution in [1.82, 2.24) is 25.4 Å². The lowest BCUT2D eigenvalue weighted by atomic mass is 10.2. The van der Waals surface area contributed by atoms with E-state index in [9.17, 15) is 0 Å². The largest absolute Gasteiger partial charge is 0.382 e. The van der Waals surface area contributed by atoms with Crippen LogP contribution in [0.2, 0.25) is 0 Å². The molecule has 1 fully saturated rings. The summed E-state index contributed by atoms with van der Waals surface area (Å²) in [6, 6.07) is 0.543. The van der Waals surface area contributed by atoms with Crippen LogP contribution in [0.3, 0.4) is 0 Å². The van der Waals surface area contributed by atoms with Crippen LogP contribution in [-0.2, 0) is 18.3 Å². The van der Waals surface area contributed by atoms with Crippen LogP contribution < -0.4 is 10.6 Å². The first kappa shape index (κ1) is 22.1. The number of hydrogen-bond donors (Lipinski definition) is 2. The number of unbranched alkanes of at least 4 members (excludes halogenated alkanes) is 1. The van der Waals surface area contributed by atoms with Crippen molar-refractivity contribution in [3.05, 3.63) is 11.6 Å². The summed E-state index contributed by atoms with van der Waals surface area (Å²) in [6.07, 6.45) is 7.22. The second-order valence-corrected chi connectivity index (χ2v) is 6.34. The van der Waals surface area contributed by atoms with Gasteiger partial charge in [-0.3, -0.25) is 0 Å². The van der Waals surface area contributed by atoms with Gasteiger partial charge in [-0.15, -0.1) is 34.2 Å². The Morgan fingerprint density at radius 3 is 2.68 bits per heavy atom. The Kier molecular flexibility index (Phi) is 11.0. The average Bonchev–Trinajstić information content (AvgIpc) is 3.20. The molecule has 1 aromatic heterocycles. The van der Waals surface area contributed by atoms with E-state index in [1.807, 2.05) is 25.5 Å². The summed E-state index contributed by atoms with van der Waals surface area (Å²) in [5.41, 5.74) is 0. The number of nitrogens with zero attached hydrogens (tertiary/aromatic N) is 4. The molecule has 0 amide bonds. The van der Waals surface area contributed by atoms with Crippen LogP contribution in [0.1, 0.15) is 57.1 Å². The van der Waals surface area contributed by atoms with Gasteiger partial charge in [0, 0.05) is 32.8 Å². The number of rotatable bonds is 9. The Balaban J connectivity index is 0.00000312. The van der Waals surface area contributed by atoms with Crippen molar-refractivity contribution in [3.8, 4) is 0 Å². The minimum absolute atomic E-state index is 0. The topological polar surface area (TPSA) is 76.4 Å². The molecule has 0 aliphatic heterocycles. The van der Waals surface area contributed by atoms with Crippen LogP contribution in [-0.4, -0.2) is 46.5 Å². The summed E-state index contributed by atoms with van der Waals surface area (Å²) in [5.74, 6) is 2.68. The van der Waals surface area contributed by atoms with E-state index in [1.54, 1.807) is 0 Å². The first-order valence-corrected chi connectivity index (χ1v) is 9.18. The summed E-state index contributed by atoms with van der Waals surface area (Å²) < 4.78 is 7.36. The van der Waals surface area contributed by atoms with E-state index in [0.717, 1.165) is 50.2 Å². The second kappa shape index (κ2) is 12.5. The zero-order chi connectivity index (χ0) is 17.2. The van der Waals surface area contributed by atoms with Crippen LogP contribution in [0.5, 0.6) is 0 Å². The SMILES string of the molecule is CCOCCCCNC(=NCc1nnc(C)n1C)NC1CCCC1.I. The fraction of sp³-hybridized carbons (Fsp3) is 0.824. The van der Waals surface area contributed by atoms with Crippen LogP contribution in [0.4, 0.5) is 0 Å². The molecule has 8 heteroatoms. The summed E-state index contributed by atoms with van der Waals surface area (Å²) >= 11 is 0. The molecule has 7 nitrogen and oxygen atoms in total. The minimum atomic E-state index is 0. The highest BCUT2D eigenvalue weighted by atomic mass is 127. The molecule has 0 radical (unpaired) electrons. The van der Waals surface area contributed by atoms with E-state index in [4.69, 9.17) is 9.73 Å². The van der Waals surface area contributed by atoms with E-state index < -0.39 is 0 Å². The van der Waals surface area contributed by atoms with Gasteiger partial charge >= 0.3 is 0 Å². The van der Waals surface area contributed by atoms with Gasteiger partial charge in [0.05, 0.1) is 0 Å². The maximum absolute atomic E-state index is 5.38. The number of guanidine groups is 1. The third kappa shape index (κ3) is 7.89. The van der Waals surface area contributed by atoms with Gasteiger partial charge in [-0.1, -0.05) is 12.8 Å². The van der Waals surface area contributed by atoms with Gasteiger partial charge in [0.1, 0.15) is 12.4 Å². The summed E-state index contributed by atoms with van der Waals surface area (Å²) in [4.78, 5) is 4.71. The van der Waals surface area contributed by atoms with Gasteiger partial charge in [-0.2, -0.15) is 0 Å². The van der Waals surface area contributed by atoms with E-state index in [1.165, 1.54) is 25.7 Å². The molecule has 0 spiro atoms. The molecule has 25 heavy (non-hydrogen) atoms. The smallest absolute Gasteiger partial charge is 0.191 e. The molecule has 0 unspecified atom stereocenters. The highest BCUT2D eigenvalue weighted by Crippen LogP contribution is 2.17. The molecule has 0 atom stereocenters. The van der Waals surface area contributed by atoms with Crippen LogP contribution in [0.15, 0.2) is 4.99 Å². The fourth-order valence-electron chi connectivity index (χ4n) is 2.83. The van der Waals surface area contributed by atoms with E-state index >= 15 is 0 Å². The maximum Gasteiger partial charge on any atom is 0.191 e. The zero-order valence-electron chi connectivity index (χ0n) is 15.8. The normalized spacial score (nSPS) is 15.2. The number of aromatic nitrogens is 3. The molecule has 1 aliphatic carbocycles. The van der Waals surface area contributed by atoms with E-state index in [-0.39, 0.29) is 24.0 Å². The van der Waals surface area contributed by atoms with Crippen LogP contribution in [0, 0.1) is 6.92 Å². The van der Waals surface area contributed by atoms with Crippen molar-refractivity contribution >= 4 is 29.9 Å². The molecule has 0 bridgehead atoms. The van der Waals surface area contributed by atoms with Crippen molar-refractivity contribution in [1.29, 1.82) is 0 Å². The van der Waals surface area contributed by atoms with Gasteiger partial charge in [0.2, 0.25) is 0 Å². The number of ether oxygens (including phenoxy) is 1. The molecule has 0 saturated heterocycles. The Bertz CT molecular complexity index is 513. The third-order valence-electron chi connectivity index (χ3n) is 4.47. The van der Waals surface area contributed by atoms with Gasteiger partial charge < -0.3 is 19.9 Å². The third-order valence-corrected chi connectivity index (χ3v) is 4.47. The number of nitrogens with one attached hydrogen (secondary N) is 2. The van der Waals surface area contributed by atoms with Crippen molar-refractivity contribution < 1.29 is 4.74 Å². The highest BCUT2D eigenvalue weighted by molar-refractivity contribution is 14.0. The minimum Gasteiger partial charge on any atom is -0.382 e. The molecule has 0 aromatic carbocycles. The van der Waals surface area contributed by atoms with Gasteiger partial charge in [-0.05, 0) is 39.5 Å². The molecule has 1 saturated carbocycles. The monoisotopic (exact) mass is 464 g/mol. The summed E-state index contributed by atoms with van der Waals surface area (Å²) in [5, 5.41) is 15.3. The molecule has 2 N–H and O–H groups in total. The van der Waals surface area contributed by atoms with Crippen LogP contribution >= 0.6 is 24.0 Å². The van der Waals surface area contributed by atoms with Crippen molar-refractivity contribution in [2.45, 2.75) is 65.0 Å². The summed E-state index contributed by atoms with van der Waals surface area (Å²) in [6.45, 7) is 7.05. The van der Waals surface area contributed by atoms with Crippen molar-refractivity contribution in [3.63, 3.8) is 0 Å². The molecule has 144 valence electrons. The zero-order valence-corrected chi connectivity index (χ0v) is 18.1. The van der Waals surface area contributed by atoms with Crippen LogP contribution in [0.25, 0.3) is 0 Å². The fourth-order valence-corrected chi connectivity index (χ4v) is 2.83. The Morgan fingerprint density at radius 2 is 2.04 bits per heavy atom. The van der Waals surface area contributed by atoms with Gasteiger partial charge in [0.15, 0.2) is 11.8 Å². The molecule has 1 heterocycles. The van der Waals surface area contributed by atoms with Crippen molar-refractivity contribution in [2.75, 3.05) is 19.8 Å². The van der Waals surface area contributed by atoms with Gasteiger partial charge in [-0.25, -0.2) is 4.99 Å². The first-order valence-electron chi connectivity index (χ1n) is 9.18. The lowest BCUT2D eigenvalue weighted by Crippen LogP contribution is -2.42.